The number of aliphatic hydroxyl groups excluding tert-OH is 1. The number of hydrogen-bond donors (Lipinski definition) is 1. The molecule has 3 rings (SSSR count). The second-order valence-corrected chi connectivity index (χ2v) is 5.72. The number of carbonyl (C=O) groups is 2. The van der Waals surface area contributed by atoms with Crippen LogP contribution in [0.2, 0.25) is 0 Å². The van der Waals surface area contributed by atoms with E-state index in [0.29, 0.717) is 5.56 Å². The maximum absolute atomic E-state index is 12.7. The third-order valence-electron chi connectivity index (χ3n) is 3.98. The smallest absolute Gasteiger partial charge is 0.296 e. The van der Waals surface area contributed by atoms with E-state index < -0.39 is 17.6 Å². The number of rotatable bonds is 3. The van der Waals surface area contributed by atoms with Crippen LogP contribution in [0.15, 0.2) is 54.3 Å². The Bertz CT molecular complexity index is 822. The average Bonchev–Trinajstić information content (AvgIpc) is 2.73. The zero-order valence-electron chi connectivity index (χ0n) is 13.0. The summed E-state index contributed by atoms with van der Waals surface area (Å²) < 4.78 is 0. The normalized spacial score (nSPS) is 14.8. The van der Waals surface area contributed by atoms with Crippen LogP contribution < -0.4 is 0 Å². The molecule has 0 saturated heterocycles. The van der Waals surface area contributed by atoms with Gasteiger partial charge in [0.2, 0.25) is 0 Å². The second kappa shape index (κ2) is 5.72. The van der Waals surface area contributed by atoms with E-state index in [1.165, 1.54) is 0 Å². The van der Waals surface area contributed by atoms with Gasteiger partial charge in [0.05, 0.1) is 12.1 Å². The number of amides is 2. The highest BCUT2D eigenvalue weighted by molar-refractivity contribution is 6.35. The quantitative estimate of drug-likeness (QED) is 0.886. The van der Waals surface area contributed by atoms with E-state index in [1.54, 1.807) is 6.07 Å². The Morgan fingerprint density at radius 3 is 2.30 bits per heavy atom. The Balaban J connectivity index is 1.96. The van der Waals surface area contributed by atoms with Gasteiger partial charge in [-0.15, -0.1) is 0 Å². The van der Waals surface area contributed by atoms with Crippen LogP contribution in [0.1, 0.15) is 22.3 Å². The first-order chi connectivity index (χ1) is 11.0. The molecule has 116 valence electrons. The monoisotopic (exact) mass is 307 g/mol. The molecule has 4 heteroatoms. The molecule has 0 atom stereocenters. The van der Waals surface area contributed by atoms with Gasteiger partial charge in [-0.1, -0.05) is 54.1 Å². The molecular formula is C19H17NO3. The minimum atomic E-state index is -0.645. The lowest BCUT2D eigenvalue weighted by Gasteiger charge is -2.15. The van der Waals surface area contributed by atoms with Gasteiger partial charge >= 0.3 is 0 Å². The summed E-state index contributed by atoms with van der Waals surface area (Å²) >= 11 is 0. The summed E-state index contributed by atoms with van der Waals surface area (Å²) in [5.74, 6) is -1.57. The summed E-state index contributed by atoms with van der Waals surface area (Å²) in [5, 5.41) is 10.2. The van der Waals surface area contributed by atoms with Crippen LogP contribution in [0.3, 0.4) is 0 Å². The summed E-state index contributed by atoms with van der Waals surface area (Å²) in [6.07, 6.45) is 0. The van der Waals surface area contributed by atoms with Crippen molar-refractivity contribution in [2.24, 2.45) is 0 Å². The summed E-state index contributed by atoms with van der Waals surface area (Å²) in [7, 11) is 0. The Kier molecular flexibility index (Phi) is 3.74. The van der Waals surface area contributed by atoms with E-state index in [4.69, 9.17) is 0 Å². The number of benzene rings is 2. The second-order valence-electron chi connectivity index (χ2n) is 5.72. The van der Waals surface area contributed by atoms with Gasteiger partial charge in [0.15, 0.2) is 5.76 Å². The lowest BCUT2D eigenvalue weighted by molar-refractivity contribution is -0.138. The molecule has 1 aliphatic heterocycles. The van der Waals surface area contributed by atoms with E-state index >= 15 is 0 Å². The molecule has 0 spiro atoms. The third-order valence-corrected chi connectivity index (χ3v) is 3.98. The summed E-state index contributed by atoms with van der Waals surface area (Å²) in [4.78, 5) is 26.0. The fourth-order valence-electron chi connectivity index (χ4n) is 2.81. The Hall–Kier alpha value is -2.88. The van der Waals surface area contributed by atoms with Crippen molar-refractivity contribution < 1.29 is 14.7 Å². The van der Waals surface area contributed by atoms with Crippen LogP contribution in [0, 0.1) is 13.8 Å². The zero-order chi connectivity index (χ0) is 16.6. The van der Waals surface area contributed by atoms with Crippen LogP contribution in [0.4, 0.5) is 0 Å². The van der Waals surface area contributed by atoms with Crippen molar-refractivity contribution in [1.29, 1.82) is 0 Å². The van der Waals surface area contributed by atoms with Gasteiger partial charge < -0.3 is 5.11 Å². The molecule has 0 bridgehead atoms. The number of aliphatic hydroxyl groups is 1. The molecule has 2 aromatic rings. The van der Waals surface area contributed by atoms with Gasteiger partial charge in [-0.2, -0.15) is 0 Å². The number of nitrogens with zero attached hydrogens (tertiary/aromatic N) is 1. The van der Waals surface area contributed by atoms with Gasteiger partial charge in [-0.25, -0.2) is 0 Å². The van der Waals surface area contributed by atoms with Crippen molar-refractivity contribution in [3.8, 4) is 0 Å². The maximum Gasteiger partial charge on any atom is 0.296 e. The van der Waals surface area contributed by atoms with E-state index in [1.807, 2.05) is 56.3 Å². The van der Waals surface area contributed by atoms with Crippen molar-refractivity contribution in [2.45, 2.75) is 20.4 Å². The predicted molar refractivity (Wildman–Crippen MR) is 87.5 cm³/mol. The molecule has 2 aromatic carbocycles. The molecular weight excluding hydrogens is 290 g/mol. The molecule has 0 fully saturated rings. The highest BCUT2D eigenvalue weighted by Gasteiger charge is 2.39. The zero-order valence-corrected chi connectivity index (χ0v) is 13.0. The number of aryl methyl sites for hydroxylation is 2. The summed E-state index contributed by atoms with van der Waals surface area (Å²) in [6, 6.07) is 14.8. The van der Waals surface area contributed by atoms with Crippen LogP contribution in [-0.4, -0.2) is 21.8 Å². The maximum atomic E-state index is 12.7. The number of imide groups is 1. The predicted octanol–water partition coefficient (Wildman–Crippen LogP) is 3.14. The molecule has 4 nitrogen and oxygen atoms in total. The fourth-order valence-corrected chi connectivity index (χ4v) is 2.81. The molecule has 23 heavy (non-hydrogen) atoms. The molecule has 1 heterocycles. The Morgan fingerprint density at radius 1 is 0.957 bits per heavy atom. The molecule has 2 amide bonds. The standard InChI is InChI=1S/C19H17NO3/c1-12-8-9-15(13(2)10-12)16-17(21)19(23)20(18(16)22)11-14-6-4-3-5-7-14/h3-10,21H,11H2,1-2H3. The topological polar surface area (TPSA) is 57.6 Å². The minimum Gasteiger partial charge on any atom is -0.502 e. The van der Waals surface area contributed by atoms with E-state index in [0.717, 1.165) is 21.6 Å². The molecule has 0 aromatic heterocycles. The number of hydrogen-bond acceptors (Lipinski definition) is 3. The van der Waals surface area contributed by atoms with Gasteiger partial charge in [-0.3, -0.25) is 14.5 Å². The molecule has 0 unspecified atom stereocenters. The third kappa shape index (κ3) is 2.63. The Morgan fingerprint density at radius 2 is 1.65 bits per heavy atom. The summed E-state index contributed by atoms with van der Waals surface area (Å²) in [6.45, 7) is 3.96. The van der Waals surface area contributed by atoms with Gasteiger partial charge in [0.25, 0.3) is 11.8 Å². The van der Waals surface area contributed by atoms with Crippen molar-refractivity contribution in [3.05, 3.63) is 76.5 Å². The van der Waals surface area contributed by atoms with E-state index in [9.17, 15) is 14.7 Å². The SMILES string of the molecule is Cc1ccc(C2=C(O)C(=O)N(Cc3ccccc3)C2=O)c(C)c1. The summed E-state index contributed by atoms with van der Waals surface area (Å²) in [5.41, 5.74) is 3.44. The first-order valence-electron chi connectivity index (χ1n) is 7.40. The number of carbonyl (C=O) groups excluding carboxylic acids is 2. The van der Waals surface area contributed by atoms with E-state index in [2.05, 4.69) is 0 Å². The van der Waals surface area contributed by atoms with Crippen molar-refractivity contribution >= 4 is 17.4 Å². The lowest BCUT2D eigenvalue weighted by Crippen LogP contribution is -2.31. The molecule has 0 radical (unpaired) electrons. The van der Waals surface area contributed by atoms with Crippen LogP contribution in [0.25, 0.3) is 5.57 Å². The highest BCUT2D eigenvalue weighted by atomic mass is 16.3. The molecule has 1 N–H and O–H groups in total. The van der Waals surface area contributed by atoms with Gasteiger partial charge in [0.1, 0.15) is 0 Å². The first-order valence-corrected chi connectivity index (χ1v) is 7.40. The van der Waals surface area contributed by atoms with Crippen LogP contribution in [0.5, 0.6) is 0 Å². The molecule has 0 saturated carbocycles. The minimum absolute atomic E-state index is 0.0865. The van der Waals surface area contributed by atoms with Crippen molar-refractivity contribution in [2.75, 3.05) is 0 Å². The Labute approximate surface area is 134 Å². The van der Waals surface area contributed by atoms with Crippen molar-refractivity contribution in [1.82, 2.24) is 4.90 Å². The van der Waals surface area contributed by atoms with Crippen LogP contribution >= 0.6 is 0 Å². The fraction of sp³-hybridized carbons (Fsp3) is 0.158. The van der Waals surface area contributed by atoms with Crippen molar-refractivity contribution in [3.63, 3.8) is 0 Å². The molecule has 1 aliphatic rings. The highest BCUT2D eigenvalue weighted by Crippen LogP contribution is 2.31. The average molecular weight is 307 g/mol. The largest absolute Gasteiger partial charge is 0.502 e. The van der Waals surface area contributed by atoms with Gasteiger partial charge in [0, 0.05) is 0 Å². The van der Waals surface area contributed by atoms with Crippen LogP contribution in [-0.2, 0) is 16.1 Å². The molecule has 0 aliphatic carbocycles. The lowest BCUT2D eigenvalue weighted by atomic mass is 9.98. The van der Waals surface area contributed by atoms with Gasteiger partial charge in [-0.05, 0) is 30.5 Å². The van der Waals surface area contributed by atoms with E-state index in [-0.39, 0.29) is 12.1 Å². The first kappa shape index (κ1) is 15.0.